The highest BCUT2D eigenvalue weighted by atomic mass is 32.2. The van der Waals surface area contributed by atoms with Crippen LogP contribution < -0.4 is 10.1 Å². The first-order valence-electron chi connectivity index (χ1n) is 10.3. The smallest absolute Gasteiger partial charge is 0.234 e. The molecule has 31 heavy (non-hydrogen) atoms. The lowest BCUT2D eigenvalue weighted by atomic mass is 10.0. The molecule has 1 heterocycles. The summed E-state index contributed by atoms with van der Waals surface area (Å²) in [6, 6.07) is 17.5. The number of carbonyl (C=O) groups is 1. The predicted octanol–water partition coefficient (Wildman–Crippen LogP) is 5.46. The Bertz CT molecular complexity index is 1000. The predicted molar refractivity (Wildman–Crippen MR) is 126 cm³/mol. The van der Waals surface area contributed by atoms with E-state index in [2.05, 4.69) is 35.9 Å². The summed E-state index contributed by atoms with van der Waals surface area (Å²) >= 11 is 1.34. The fourth-order valence-electron chi connectivity index (χ4n) is 3.04. The number of benzene rings is 2. The molecule has 1 atom stereocenters. The first-order valence-corrected chi connectivity index (χ1v) is 11.2. The van der Waals surface area contributed by atoms with E-state index >= 15 is 0 Å². The van der Waals surface area contributed by atoms with Crippen LogP contribution in [0.5, 0.6) is 5.75 Å². The molecule has 6 nitrogen and oxygen atoms in total. The summed E-state index contributed by atoms with van der Waals surface area (Å²) in [5.74, 6) is 2.05. The summed E-state index contributed by atoms with van der Waals surface area (Å²) in [5, 5.41) is 12.2. The molecule has 0 bridgehead atoms. The average Bonchev–Trinajstić information content (AvgIpc) is 3.16. The van der Waals surface area contributed by atoms with Crippen LogP contribution in [0, 0.1) is 0 Å². The topological polar surface area (TPSA) is 69.0 Å². The van der Waals surface area contributed by atoms with Gasteiger partial charge in [-0.25, -0.2) is 0 Å². The molecule has 0 unspecified atom stereocenters. The number of amides is 1. The fourth-order valence-corrected chi connectivity index (χ4v) is 3.80. The van der Waals surface area contributed by atoms with Gasteiger partial charge in [-0.1, -0.05) is 62.0 Å². The molecule has 3 aromatic rings. The first kappa shape index (κ1) is 22.6. The Hall–Kier alpha value is -3.06. The molecule has 1 N–H and O–H groups in total. The Morgan fingerprint density at radius 2 is 1.84 bits per heavy atom. The molecular formula is C24H28N4O2S. The van der Waals surface area contributed by atoms with Gasteiger partial charge in [0.25, 0.3) is 0 Å². The average molecular weight is 437 g/mol. The molecule has 0 aliphatic heterocycles. The van der Waals surface area contributed by atoms with Crippen molar-refractivity contribution in [3.05, 3.63) is 78.6 Å². The molecule has 0 fully saturated rings. The molecule has 0 aliphatic rings. The van der Waals surface area contributed by atoms with E-state index in [1.54, 1.807) is 6.08 Å². The van der Waals surface area contributed by atoms with Crippen LogP contribution in [0.15, 0.2) is 72.4 Å². The van der Waals surface area contributed by atoms with Crippen molar-refractivity contribution >= 4 is 23.4 Å². The largest absolute Gasteiger partial charge is 0.483 e. The number of para-hydroxylation sites is 1. The zero-order valence-electron chi connectivity index (χ0n) is 18.1. The number of nitrogens with one attached hydrogen (secondary N) is 1. The normalized spacial score (nSPS) is 11.9. The molecule has 1 aromatic heterocycles. The molecular weight excluding hydrogens is 408 g/mol. The number of anilines is 1. The number of hydrogen-bond donors (Lipinski definition) is 1. The summed E-state index contributed by atoms with van der Waals surface area (Å²) in [6.45, 7) is 10.6. The number of carbonyl (C=O) groups excluding carboxylic acids is 1. The van der Waals surface area contributed by atoms with Crippen LogP contribution in [-0.4, -0.2) is 26.4 Å². The van der Waals surface area contributed by atoms with Gasteiger partial charge in [-0.05, 0) is 42.7 Å². The highest BCUT2D eigenvalue weighted by Crippen LogP contribution is 2.25. The Balaban J connectivity index is 1.63. The van der Waals surface area contributed by atoms with Gasteiger partial charge in [0.15, 0.2) is 17.1 Å². The van der Waals surface area contributed by atoms with Crippen molar-refractivity contribution in [2.75, 3.05) is 11.1 Å². The van der Waals surface area contributed by atoms with Crippen LogP contribution in [0.3, 0.4) is 0 Å². The van der Waals surface area contributed by atoms with E-state index in [1.165, 1.54) is 17.3 Å². The molecule has 2 aromatic carbocycles. The standard InChI is InChI=1S/C24H28N4O2S/c1-5-15-28-23(18(4)30-21-9-7-6-8-10-21)26-27-24(28)31-16-22(29)25-20-13-11-19(12-14-20)17(2)3/h5-14,17-18H,1,15-16H2,2-4H3,(H,25,29)/t18-/m0/s1. The lowest BCUT2D eigenvalue weighted by Gasteiger charge is -2.15. The van der Waals surface area contributed by atoms with Crippen LogP contribution in [-0.2, 0) is 11.3 Å². The van der Waals surface area contributed by atoms with E-state index in [-0.39, 0.29) is 17.8 Å². The van der Waals surface area contributed by atoms with Crippen LogP contribution in [0.4, 0.5) is 5.69 Å². The number of rotatable bonds is 10. The number of nitrogens with zero attached hydrogens (tertiary/aromatic N) is 3. The van der Waals surface area contributed by atoms with Crippen LogP contribution in [0.2, 0.25) is 0 Å². The van der Waals surface area contributed by atoms with E-state index in [0.717, 1.165) is 11.4 Å². The lowest BCUT2D eigenvalue weighted by Crippen LogP contribution is -2.15. The second kappa shape index (κ2) is 10.8. The van der Waals surface area contributed by atoms with Crippen molar-refractivity contribution in [2.24, 2.45) is 0 Å². The van der Waals surface area contributed by atoms with E-state index in [1.807, 2.05) is 66.1 Å². The van der Waals surface area contributed by atoms with Gasteiger partial charge in [0.2, 0.25) is 5.91 Å². The second-order valence-electron chi connectivity index (χ2n) is 7.43. The number of ether oxygens (including phenoxy) is 1. The molecule has 3 rings (SSSR count). The Morgan fingerprint density at radius 1 is 1.13 bits per heavy atom. The van der Waals surface area contributed by atoms with Gasteiger partial charge >= 0.3 is 0 Å². The maximum Gasteiger partial charge on any atom is 0.234 e. The third kappa shape index (κ3) is 6.21. The monoisotopic (exact) mass is 436 g/mol. The van der Waals surface area contributed by atoms with Crippen molar-refractivity contribution in [1.29, 1.82) is 0 Å². The van der Waals surface area contributed by atoms with Gasteiger partial charge in [-0.3, -0.25) is 9.36 Å². The first-order chi connectivity index (χ1) is 15.0. The fraction of sp³-hybridized carbons (Fsp3) is 0.292. The molecule has 0 spiro atoms. The quantitative estimate of drug-likeness (QED) is 0.338. The van der Waals surface area contributed by atoms with E-state index in [4.69, 9.17) is 4.74 Å². The zero-order chi connectivity index (χ0) is 22.2. The van der Waals surface area contributed by atoms with Crippen molar-refractivity contribution in [1.82, 2.24) is 14.8 Å². The van der Waals surface area contributed by atoms with Gasteiger partial charge in [0, 0.05) is 12.2 Å². The molecule has 162 valence electrons. The maximum absolute atomic E-state index is 12.4. The van der Waals surface area contributed by atoms with E-state index < -0.39 is 0 Å². The summed E-state index contributed by atoms with van der Waals surface area (Å²) in [4.78, 5) is 12.4. The SMILES string of the molecule is C=CCn1c(SCC(=O)Nc2ccc(C(C)C)cc2)nnc1[C@H](C)Oc1ccccc1. The maximum atomic E-state index is 12.4. The lowest BCUT2D eigenvalue weighted by molar-refractivity contribution is -0.113. The van der Waals surface area contributed by atoms with Crippen LogP contribution >= 0.6 is 11.8 Å². The Morgan fingerprint density at radius 3 is 2.48 bits per heavy atom. The minimum absolute atomic E-state index is 0.0921. The van der Waals surface area contributed by atoms with Gasteiger partial charge in [-0.15, -0.1) is 16.8 Å². The van der Waals surface area contributed by atoms with Gasteiger partial charge in [0.05, 0.1) is 5.75 Å². The van der Waals surface area contributed by atoms with Gasteiger partial charge in [0.1, 0.15) is 5.75 Å². The molecule has 0 radical (unpaired) electrons. The van der Waals surface area contributed by atoms with E-state index in [0.29, 0.717) is 23.4 Å². The van der Waals surface area contributed by atoms with E-state index in [9.17, 15) is 4.79 Å². The van der Waals surface area contributed by atoms with Crippen molar-refractivity contribution in [3.8, 4) is 5.75 Å². The van der Waals surface area contributed by atoms with Crippen molar-refractivity contribution in [2.45, 2.75) is 44.5 Å². The molecule has 1 amide bonds. The minimum Gasteiger partial charge on any atom is -0.483 e. The summed E-state index contributed by atoms with van der Waals surface area (Å²) in [7, 11) is 0. The molecule has 7 heteroatoms. The van der Waals surface area contributed by atoms with Crippen molar-refractivity contribution in [3.63, 3.8) is 0 Å². The molecule has 0 saturated carbocycles. The number of allylic oxidation sites excluding steroid dienone is 1. The van der Waals surface area contributed by atoms with Gasteiger partial charge < -0.3 is 10.1 Å². The summed E-state index contributed by atoms with van der Waals surface area (Å²) in [6.07, 6.45) is 1.49. The van der Waals surface area contributed by atoms with Gasteiger partial charge in [-0.2, -0.15) is 0 Å². The summed E-state index contributed by atoms with van der Waals surface area (Å²) in [5.41, 5.74) is 2.03. The summed E-state index contributed by atoms with van der Waals surface area (Å²) < 4.78 is 7.91. The molecule has 0 aliphatic carbocycles. The molecule has 0 saturated heterocycles. The number of thioether (sulfide) groups is 1. The Labute approximate surface area is 187 Å². The highest BCUT2D eigenvalue weighted by Gasteiger charge is 2.19. The van der Waals surface area contributed by atoms with Crippen LogP contribution in [0.25, 0.3) is 0 Å². The van der Waals surface area contributed by atoms with Crippen molar-refractivity contribution < 1.29 is 9.53 Å². The zero-order valence-corrected chi connectivity index (χ0v) is 18.9. The number of hydrogen-bond acceptors (Lipinski definition) is 5. The number of aromatic nitrogens is 3. The Kier molecular flexibility index (Phi) is 7.89. The highest BCUT2D eigenvalue weighted by molar-refractivity contribution is 7.99. The minimum atomic E-state index is -0.294. The second-order valence-corrected chi connectivity index (χ2v) is 8.37. The third-order valence-electron chi connectivity index (χ3n) is 4.67. The van der Waals surface area contributed by atoms with Crippen LogP contribution in [0.1, 0.15) is 44.2 Å². The third-order valence-corrected chi connectivity index (χ3v) is 5.64.